The van der Waals surface area contributed by atoms with Crippen LogP contribution < -0.4 is 10.2 Å². The molecule has 0 saturated carbocycles. The normalized spacial score (nSPS) is 10.8. The zero-order valence-corrected chi connectivity index (χ0v) is 15.7. The Kier molecular flexibility index (Phi) is 6.48. The van der Waals surface area contributed by atoms with Crippen molar-refractivity contribution in [2.45, 2.75) is 6.54 Å². The Morgan fingerprint density at radius 1 is 1.24 bits per heavy atom. The van der Waals surface area contributed by atoms with E-state index in [9.17, 15) is 9.59 Å². The van der Waals surface area contributed by atoms with Crippen LogP contribution in [-0.4, -0.2) is 50.0 Å². The summed E-state index contributed by atoms with van der Waals surface area (Å²) in [5.74, 6) is -0.843. The molecule has 3 aromatic rings. The number of hydrogen-bond donors (Lipinski definition) is 2. The Morgan fingerprint density at radius 3 is 2.86 bits per heavy atom. The van der Waals surface area contributed by atoms with E-state index in [2.05, 4.69) is 25.9 Å². The molecule has 29 heavy (non-hydrogen) atoms. The first-order chi connectivity index (χ1) is 14.0. The Bertz CT molecular complexity index is 1050. The van der Waals surface area contributed by atoms with E-state index in [4.69, 9.17) is 21.4 Å². The number of carbonyl (C=O) groups is 2. The van der Waals surface area contributed by atoms with Crippen molar-refractivity contribution in [3.8, 4) is 17.1 Å². The van der Waals surface area contributed by atoms with E-state index in [1.54, 1.807) is 48.5 Å². The van der Waals surface area contributed by atoms with E-state index in [-0.39, 0.29) is 6.54 Å². The first kappa shape index (κ1) is 20.0. The fraction of sp³-hybridized carbons (Fsp3) is 0.111. The van der Waals surface area contributed by atoms with Gasteiger partial charge in [-0.15, -0.1) is 10.2 Å². The highest BCUT2D eigenvalue weighted by Crippen LogP contribution is 2.23. The molecule has 0 bridgehead atoms. The van der Waals surface area contributed by atoms with Crippen molar-refractivity contribution >= 4 is 29.7 Å². The van der Waals surface area contributed by atoms with E-state index >= 15 is 0 Å². The van der Waals surface area contributed by atoms with E-state index in [0.717, 1.165) is 4.80 Å². The summed E-state index contributed by atoms with van der Waals surface area (Å²) in [4.78, 5) is 23.7. The molecular weight excluding hydrogens is 400 g/mol. The lowest BCUT2D eigenvalue weighted by molar-refractivity contribution is -0.139. The molecule has 2 aromatic carbocycles. The lowest BCUT2D eigenvalue weighted by atomic mass is 10.2. The van der Waals surface area contributed by atoms with Crippen LogP contribution in [0.5, 0.6) is 5.75 Å². The van der Waals surface area contributed by atoms with Gasteiger partial charge in [0.1, 0.15) is 12.3 Å². The number of aliphatic carboxylic acids is 1. The number of hydrazone groups is 1. The molecule has 1 amide bonds. The Morgan fingerprint density at radius 2 is 2.07 bits per heavy atom. The topological polar surface area (TPSA) is 132 Å². The molecule has 0 fully saturated rings. The molecule has 3 rings (SSSR count). The summed E-state index contributed by atoms with van der Waals surface area (Å²) in [6, 6.07) is 13.6. The SMILES string of the molecule is O=C(O)COc1cccc(C=NNC(=O)Cn2nnc(-c3ccccc3Cl)n2)c1. The predicted octanol–water partition coefficient (Wildman–Crippen LogP) is 1.61. The van der Waals surface area contributed by atoms with Crippen molar-refractivity contribution in [3.63, 3.8) is 0 Å². The summed E-state index contributed by atoms with van der Waals surface area (Å²) in [5, 5.41) is 24.8. The fourth-order valence-electron chi connectivity index (χ4n) is 2.23. The quantitative estimate of drug-likeness (QED) is 0.422. The number of aromatic nitrogens is 4. The summed E-state index contributed by atoms with van der Waals surface area (Å²) in [6.45, 7) is -0.630. The van der Waals surface area contributed by atoms with Gasteiger partial charge in [-0.1, -0.05) is 35.9 Å². The van der Waals surface area contributed by atoms with Gasteiger partial charge in [0.25, 0.3) is 5.91 Å². The van der Waals surface area contributed by atoms with Crippen molar-refractivity contribution in [2.24, 2.45) is 5.10 Å². The lowest BCUT2D eigenvalue weighted by Crippen LogP contribution is -2.24. The molecule has 2 N–H and O–H groups in total. The smallest absolute Gasteiger partial charge is 0.341 e. The third-order valence-corrected chi connectivity index (χ3v) is 3.81. The van der Waals surface area contributed by atoms with Crippen molar-refractivity contribution in [3.05, 3.63) is 59.1 Å². The van der Waals surface area contributed by atoms with Crippen molar-refractivity contribution in [1.29, 1.82) is 0 Å². The molecule has 0 spiro atoms. The number of ether oxygens (including phenoxy) is 1. The lowest BCUT2D eigenvalue weighted by Gasteiger charge is -2.03. The van der Waals surface area contributed by atoms with Crippen molar-refractivity contribution < 1.29 is 19.4 Å². The number of nitrogens with zero attached hydrogens (tertiary/aromatic N) is 5. The maximum atomic E-state index is 12.0. The highest BCUT2D eigenvalue weighted by molar-refractivity contribution is 6.33. The van der Waals surface area contributed by atoms with Crippen LogP contribution in [-0.2, 0) is 16.1 Å². The Hall–Kier alpha value is -3.79. The molecule has 10 nitrogen and oxygen atoms in total. The van der Waals surface area contributed by atoms with Crippen LogP contribution in [0.1, 0.15) is 5.56 Å². The molecule has 0 aliphatic rings. The van der Waals surface area contributed by atoms with Gasteiger partial charge in [-0.3, -0.25) is 4.79 Å². The van der Waals surface area contributed by atoms with Gasteiger partial charge in [-0.05, 0) is 35.0 Å². The number of nitrogens with one attached hydrogen (secondary N) is 1. The maximum absolute atomic E-state index is 12.0. The second kappa shape index (κ2) is 9.42. The summed E-state index contributed by atoms with van der Waals surface area (Å²) in [7, 11) is 0. The van der Waals surface area contributed by atoms with E-state index in [1.165, 1.54) is 6.21 Å². The predicted molar refractivity (Wildman–Crippen MR) is 104 cm³/mol. The highest BCUT2D eigenvalue weighted by Gasteiger charge is 2.11. The van der Waals surface area contributed by atoms with Crippen molar-refractivity contribution in [1.82, 2.24) is 25.6 Å². The van der Waals surface area contributed by atoms with Gasteiger partial charge in [-0.2, -0.15) is 9.90 Å². The van der Waals surface area contributed by atoms with E-state index in [0.29, 0.717) is 27.7 Å². The number of carboxylic acid groups (broad SMARTS) is 1. The third-order valence-electron chi connectivity index (χ3n) is 3.48. The van der Waals surface area contributed by atoms with Crippen LogP contribution in [0.2, 0.25) is 5.02 Å². The molecule has 1 aromatic heterocycles. The molecule has 0 atom stereocenters. The van der Waals surface area contributed by atoms with Crippen LogP contribution in [0.25, 0.3) is 11.4 Å². The van der Waals surface area contributed by atoms with Gasteiger partial charge in [0, 0.05) is 5.56 Å². The molecule has 11 heteroatoms. The van der Waals surface area contributed by atoms with Crippen molar-refractivity contribution in [2.75, 3.05) is 6.61 Å². The molecular formula is C18H15ClN6O4. The maximum Gasteiger partial charge on any atom is 0.341 e. The molecule has 1 heterocycles. The average Bonchev–Trinajstić information content (AvgIpc) is 3.15. The number of rotatable bonds is 8. The number of benzene rings is 2. The van der Waals surface area contributed by atoms with E-state index < -0.39 is 18.5 Å². The standard InChI is InChI=1S/C18H15ClN6O4/c19-15-7-2-1-6-14(15)18-22-24-25(23-18)10-16(26)21-20-9-12-4-3-5-13(8-12)29-11-17(27)28/h1-9H,10-11H2,(H,21,26)(H,27,28). The number of hydrogen-bond acceptors (Lipinski definition) is 7. The monoisotopic (exact) mass is 414 g/mol. The van der Waals surface area contributed by atoms with Crippen LogP contribution in [0.3, 0.4) is 0 Å². The average molecular weight is 415 g/mol. The largest absolute Gasteiger partial charge is 0.482 e. The summed E-state index contributed by atoms with van der Waals surface area (Å²) in [6.07, 6.45) is 1.40. The Balaban J connectivity index is 1.55. The first-order valence-corrected chi connectivity index (χ1v) is 8.68. The van der Waals surface area contributed by atoms with Crippen LogP contribution >= 0.6 is 11.6 Å². The minimum atomic E-state index is -1.07. The minimum absolute atomic E-state index is 0.184. The summed E-state index contributed by atoms with van der Waals surface area (Å²) in [5.41, 5.74) is 3.58. The number of carbonyl (C=O) groups excluding carboxylic acids is 1. The zero-order chi connectivity index (χ0) is 20.6. The fourth-order valence-corrected chi connectivity index (χ4v) is 2.45. The second-order valence-electron chi connectivity index (χ2n) is 5.67. The molecule has 0 aliphatic heterocycles. The van der Waals surface area contributed by atoms with Gasteiger partial charge in [0.05, 0.1) is 11.2 Å². The van der Waals surface area contributed by atoms with Gasteiger partial charge in [0.2, 0.25) is 5.82 Å². The number of carboxylic acids is 1. The number of tetrazole rings is 1. The zero-order valence-electron chi connectivity index (χ0n) is 14.9. The minimum Gasteiger partial charge on any atom is -0.482 e. The van der Waals surface area contributed by atoms with Crippen LogP contribution in [0, 0.1) is 0 Å². The molecule has 0 radical (unpaired) electrons. The Labute approximate surface area is 169 Å². The van der Waals surface area contributed by atoms with Gasteiger partial charge >= 0.3 is 5.97 Å². The van der Waals surface area contributed by atoms with Gasteiger partial charge in [-0.25, -0.2) is 10.2 Å². The second-order valence-corrected chi connectivity index (χ2v) is 6.08. The molecule has 0 saturated heterocycles. The number of amides is 1. The third kappa shape index (κ3) is 5.84. The van der Waals surface area contributed by atoms with Crippen LogP contribution in [0.4, 0.5) is 0 Å². The van der Waals surface area contributed by atoms with Crippen LogP contribution in [0.15, 0.2) is 53.6 Å². The molecule has 148 valence electrons. The highest BCUT2D eigenvalue weighted by atomic mass is 35.5. The van der Waals surface area contributed by atoms with E-state index in [1.807, 2.05) is 0 Å². The summed E-state index contributed by atoms with van der Waals surface area (Å²) < 4.78 is 5.08. The summed E-state index contributed by atoms with van der Waals surface area (Å²) >= 11 is 6.09. The molecule has 0 unspecified atom stereocenters. The van der Waals surface area contributed by atoms with Gasteiger partial charge in [0.15, 0.2) is 6.61 Å². The van der Waals surface area contributed by atoms with Gasteiger partial charge < -0.3 is 9.84 Å². The molecule has 0 aliphatic carbocycles. The first-order valence-electron chi connectivity index (χ1n) is 8.30. The number of halogens is 1.